The van der Waals surface area contributed by atoms with Gasteiger partial charge in [0.2, 0.25) is 0 Å². The molecule has 7 nitrogen and oxygen atoms in total. The Morgan fingerprint density at radius 3 is 1.98 bits per heavy atom. The van der Waals surface area contributed by atoms with Gasteiger partial charge in [-0.05, 0) is 46.1 Å². The van der Waals surface area contributed by atoms with Crippen LogP contribution in [0.2, 0.25) is 5.04 Å². The molecular formula is C31H37N3O4S2Si. The van der Waals surface area contributed by atoms with Crippen LogP contribution in [0.3, 0.4) is 0 Å². The number of thiazole rings is 1. The molecule has 3 aromatic carbocycles. The third kappa shape index (κ3) is 6.30. The quantitative estimate of drug-likeness (QED) is 0.262. The number of nitrogens with zero attached hydrogens (tertiary/aromatic N) is 2. The molecule has 1 aliphatic rings. The fraction of sp³-hybridized carbons (Fsp3) is 0.290. The minimum absolute atomic E-state index is 0.105. The fourth-order valence-corrected chi connectivity index (χ4v) is 11.6. The summed E-state index contributed by atoms with van der Waals surface area (Å²) in [6.07, 6.45) is 1.48. The Hall–Kier alpha value is -3.31. The van der Waals surface area contributed by atoms with E-state index in [4.69, 9.17) is 4.43 Å². The van der Waals surface area contributed by atoms with E-state index in [-0.39, 0.29) is 15.8 Å². The van der Waals surface area contributed by atoms with Gasteiger partial charge in [-0.15, -0.1) is 11.3 Å². The van der Waals surface area contributed by atoms with E-state index < -0.39 is 24.4 Å². The monoisotopic (exact) mass is 607 g/mol. The maximum absolute atomic E-state index is 13.8. The van der Waals surface area contributed by atoms with Crippen LogP contribution < -0.4 is 20.0 Å². The molecule has 1 fully saturated rings. The van der Waals surface area contributed by atoms with Crippen molar-refractivity contribution in [3.8, 4) is 0 Å². The normalized spacial score (nSPS) is 15.8. The number of hydrogen-bond acceptors (Lipinski definition) is 6. The average molecular weight is 608 g/mol. The van der Waals surface area contributed by atoms with Crippen molar-refractivity contribution in [2.45, 2.75) is 57.1 Å². The number of carbonyl (C=O) groups is 1. The second-order valence-corrected chi connectivity index (χ2v) is 17.3. The van der Waals surface area contributed by atoms with Crippen LogP contribution in [0.4, 0.5) is 10.8 Å². The summed E-state index contributed by atoms with van der Waals surface area (Å²) < 4.78 is 35.0. The summed E-state index contributed by atoms with van der Waals surface area (Å²) in [4.78, 5) is 19.5. The summed E-state index contributed by atoms with van der Waals surface area (Å²) in [6.45, 7) is 11.1. The molecule has 1 unspecified atom stereocenters. The van der Waals surface area contributed by atoms with Gasteiger partial charge < -0.3 is 9.33 Å². The largest absolute Gasteiger partial charge is 0.395 e. The van der Waals surface area contributed by atoms with Crippen molar-refractivity contribution >= 4 is 56.8 Å². The summed E-state index contributed by atoms with van der Waals surface area (Å²) in [5.41, 5.74) is 0.641. The van der Waals surface area contributed by atoms with Crippen LogP contribution in [-0.4, -0.2) is 40.3 Å². The Balaban J connectivity index is 0.00000189. The van der Waals surface area contributed by atoms with Gasteiger partial charge in [0.15, 0.2) is 5.13 Å². The molecule has 5 rings (SSSR count). The predicted molar refractivity (Wildman–Crippen MR) is 170 cm³/mol. The molecule has 41 heavy (non-hydrogen) atoms. The molecule has 0 radical (unpaired) electrons. The highest BCUT2D eigenvalue weighted by Crippen LogP contribution is 2.39. The van der Waals surface area contributed by atoms with Crippen molar-refractivity contribution in [3.05, 3.63) is 96.5 Å². The van der Waals surface area contributed by atoms with Gasteiger partial charge in [0, 0.05) is 23.8 Å². The minimum atomic E-state index is -3.77. The predicted octanol–water partition coefficient (Wildman–Crippen LogP) is 5.65. The van der Waals surface area contributed by atoms with Gasteiger partial charge in [-0.1, -0.05) is 95.3 Å². The number of anilines is 2. The lowest BCUT2D eigenvalue weighted by Gasteiger charge is -2.44. The first-order valence-corrected chi connectivity index (χ1v) is 18.0. The number of amides is 1. The Labute approximate surface area is 248 Å². The van der Waals surface area contributed by atoms with Crippen molar-refractivity contribution in [2.75, 3.05) is 16.2 Å². The van der Waals surface area contributed by atoms with Gasteiger partial charge in [0.05, 0.1) is 4.90 Å². The molecule has 4 aromatic rings. The minimum Gasteiger partial charge on any atom is -0.395 e. The first-order chi connectivity index (χ1) is 19.6. The fourth-order valence-electron chi connectivity index (χ4n) is 5.18. The van der Waals surface area contributed by atoms with E-state index in [9.17, 15) is 13.2 Å². The zero-order chi connectivity index (χ0) is 29.7. The maximum atomic E-state index is 13.8. The second kappa shape index (κ2) is 12.7. The molecular weight excluding hydrogens is 571 g/mol. The smallest absolute Gasteiger partial charge is 0.263 e. The molecule has 216 valence electrons. The lowest BCUT2D eigenvalue weighted by atomic mass is 10.2. The third-order valence-electron chi connectivity index (χ3n) is 7.00. The zero-order valence-electron chi connectivity index (χ0n) is 24.1. The van der Waals surface area contributed by atoms with Gasteiger partial charge in [0.25, 0.3) is 24.2 Å². The Morgan fingerprint density at radius 1 is 0.927 bits per heavy atom. The van der Waals surface area contributed by atoms with Crippen molar-refractivity contribution in [3.63, 3.8) is 0 Å². The van der Waals surface area contributed by atoms with Gasteiger partial charge in [-0.25, -0.2) is 13.4 Å². The highest BCUT2D eigenvalue weighted by atomic mass is 32.2. The standard InChI is InChI=1S/C29H31N3O4S2Si.C2H6/c1-29(2,3)39(24-10-6-4-7-11-24,25-12-8-5-9-13-25)36-26-18-20-32(27(26)33)22-14-16-23(17-15-22)38(34,35)31-28-30-19-21-37-28;1-2/h4-17,19,21,26H,18,20H2,1-3H3,(H,30,31);1-2H3. The topological polar surface area (TPSA) is 88.6 Å². The number of aromatic nitrogens is 1. The summed E-state index contributed by atoms with van der Waals surface area (Å²) in [5, 5.41) is 4.00. The van der Waals surface area contributed by atoms with Crippen LogP contribution in [0, 0.1) is 0 Å². The lowest BCUT2D eigenvalue weighted by Crippen LogP contribution is -2.68. The maximum Gasteiger partial charge on any atom is 0.263 e. The average Bonchev–Trinajstić information content (AvgIpc) is 3.62. The van der Waals surface area contributed by atoms with Crippen molar-refractivity contribution in [1.29, 1.82) is 0 Å². The zero-order valence-corrected chi connectivity index (χ0v) is 26.7. The van der Waals surface area contributed by atoms with Crippen molar-refractivity contribution in [1.82, 2.24) is 4.98 Å². The lowest BCUT2D eigenvalue weighted by molar-refractivity contribution is -0.123. The second-order valence-electron chi connectivity index (χ2n) is 10.5. The van der Waals surface area contributed by atoms with Crippen LogP contribution in [0.5, 0.6) is 0 Å². The molecule has 0 spiro atoms. The molecule has 1 aromatic heterocycles. The number of rotatable bonds is 8. The van der Waals surface area contributed by atoms with Crippen molar-refractivity contribution < 1.29 is 17.6 Å². The number of sulfonamides is 1. The highest BCUT2D eigenvalue weighted by Gasteiger charge is 2.53. The summed E-state index contributed by atoms with van der Waals surface area (Å²) in [5.74, 6) is -0.112. The summed E-state index contributed by atoms with van der Waals surface area (Å²) in [7, 11) is -6.67. The van der Waals surface area contributed by atoms with E-state index in [1.807, 2.05) is 50.2 Å². The van der Waals surface area contributed by atoms with E-state index in [1.54, 1.807) is 22.4 Å². The molecule has 1 amide bonds. The molecule has 2 heterocycles. The van der Waals surface area contributed by atoms with E-state index in [1.165, 1.54) is 29.7 Å². The molecule has 10 heteroatoms. The van der Waals surface area contributed by atoms with E-state index in [2.05, 4.69) is 54.7 Å². The number of benzene rings is 3. The SMILES string of the molecule is CC.CC(C)(C)[Si](OC1CCN(c2ccc(S(=O)(=O)Nc3nccs3)cc2)C1=O)(c1ccccc1)c1ccccc1. The molecule has 1 N–H and O–H groups in total. The highest BCUT2D eigenvalue weighted by molar-refractivity contribution is 7.93. The van der Waals surface area contributed by atoms with Crippen LogP contribution in [-0.2, 0) is 19.2 Å². The number of nitrogens with one attached hydrogen (secondary N) is 1. The van der Waals surface area contributed by atoms with Gasteiger partial charge in [0.1, 0.15) is 6.10 Å². The Kier molecular flexibility index (Phi) is 9.48. The van der Waals surface area contributed by atoms with Gasteiger partial charge in [-0.3, -0.25) is 9.52 Å². The molecule has 1 saturated heterocycles. The third-order valence-corrected chi connectivity index (χ3v) is 14.2. The van der Waals surface area contributed by atoms with Gasteiger partial charge in [-0.2, -0.15) is 0 Å². The van der Waals surface area contributed by atoms with Gasteiger partial charge >= 0.3 is 0 Å². The summed E-state index contributed by atoms with van der Waals surface area (Å²) >= 11 is 1.21. The van der Waals surface area contributed by atoms with Crippen LogP contribution in [0.1, 0.15) is 41.0 Å². The van der Waals surface area contributed by atoms with E-state index in [0.29, 0.717) is 23.8 Å². The molecule has 0 aliphatic carbocycles. The molecule has 0 bridgehead atoms. The number of carbonyl (C=O) groups excluding carboxylic acids is 1. The van der Waals surface area contributed by atoms with Crippen LogP contribution >= 0.6 is 11.3 Å². The number of hydrogen-bond donors (Lipinski definition) is 1. The van der Waals surface area contributed by atoms with Crippen LogP contribution in [0.15, 0.2) is 101 Å². The Bertz CT molecular complexity index is 1480. The summed E-state index contributed by atoms with van der Waals surface area (Å²) in [6, 6.07) is 26.9. The van der Waals surface area contributed by atoms with Crippen molar-refractivity contribution in [2.24, 2.45) is 0 Å². The molecule has 1 aliphatic heterocycles. The Morgan fingerprint density at radius 2 is 1.49 bits per heavy atom. The first-order valence-electron chi connectivity index (χ1n) is 13.7. The van der Waals surface area contributed by atoms with E-state index in [0.717, 1.165) is 10.4 Å². The van der Waals surface area contributed by atoms with E-state index >= 15 is 0 Å². The first kappa shape index (κ1) is 30.6. The molecule has 1 atom stereocenters. The van der Waals surface area contributed by atoms with Crippen LogP contribution in [0.25, 0.3) is 0 Å². The molecule has 0 saturated carbocycles.